The van der Waals surface area contributed by atoms with Gasteiger partial charge in [-0.2, -0.15) is 6.42 Å². The molecular weight excluding hydrogens is 99.0 g/mol. The Morgan fingerprint density at radius 3 is 2.50 bits per heavy atom. The second-order valence-corrected chi connectivity index (χ2v) is 1.17. The zero-order valence-corrected chi connectivity index (χ0v) is 5.64. The van der Waals surface area contributed by atoms with Crippen molar-refractivity contribution in [2.24, 2.45) is 0 Å². The molecule has 0 aliphatic heterocycles. The summed E-state index contributed by atoms with van der Waals surface area (Å²) in [4.78, 5) is 0. The van der Waals surface area contributed by atoms with Crippen LogP contribution in [-0.4, -0.2) is 20.5 Å². The molecule has 0 radical (unpaired) electrons. The predicted octanol–water partition coefficient (Wildman–Crippen LogP) is -2.16. The fourth-order valence-electron chi connectivity index (χ4n) is 0.244. The molecule has 0 aromatic carbocycles. The van der Waals surface area contributed by atoms with Gasteiger partial charge >= 0.3 is 18.9 Å². The van der Waals surface area contributed by atoms with Crippen LogP contribution in [0.4, 0.5) is 0 Å². The minimum absolute atomic E-state index is 0. The van der Waals surface area contributed by atoms with E-state index < -0.39 is 0 Å². The summed E-state index contributed by atoms with van der Waals surface area (Å²) < 4.78 is 9.44. The van der Waals surface area contributed by atoms with Crippen molar-refractivity contribution in [1.82, 2.24) is 0 Å². The van der Waals surface area contributed by atoms with Crippen LogP contribution in [0.15, 0.2) is 0 Å². The maximum absolute atomic E-state index is 4.85. The number of rotatable bonds is 4. The van der Waals surface area contributed by atoms with Crippen LogP contribution in [0.1, 0.15) is 6.42 Å². The van der Waals surface area contributed by atoms with Crippen LogP contribution in [0.5, 0.6) is 0 Å². The SMILES string of the molecule is [CH2-]CCOCOC.[Li+]. The molecule has 0 saturated heterocycles. The van der Waals surface area contributed by atoms with Crippen LogP contribution in [0.3, 0.4) is 0 Å². The van der Waals surface area contributed by atoms with E-state index in [4.69, 9.17) is 4.74 Å². The molecule has 0 fully saturated rings. The molecule has 2 nitrogen and oxygen atoms in total. The molecule has 0 aromatic heterocycles. The maximum atomic E-state index is 4.85. The van der Waals surface area contributed by atoms with Crippen molar-refractivity contribution >= 4 is 0 Å². The minimum Gasteiger partial charge on any atom is -0.359 e. The number of hydrogen-bond donors (Lipinski definition) is 0. The summed E-state index contributed by atoms with van der Waals surface area (Å²) >= 11 is 0. The van der Waals surface area contributed by atoms with Crippen molar-refractivity contribution in [2.75, 3.05) is 20.5 Å². The van der Waals surface area contributed by atoms with E-state index in [1.165, 1.54) is 0 Å². The van der Waals surface area contributed by atoms with E-state index in [9.17, 15) is 0 Å². The van der Waals surface area contributed by atoms with Crippen LogP contribution in [0.25, 0.3) is 0 Å². The van der Waals surface area contributed by atoms with Crippen LogP contribution in [-0.2, 0) is 9.47 Å². The van der Waals surface area contributed by atoms with Crippen molar-refractivity contribution in [2.45, 2.75) is 6.42 Å². The van der Waals surface area contributed by atoms with E-state index in [1.54, 1.807) is 7.11 Å². The fraction of sp³-hybridized carbons (Fsp3) is 0.800. The van der Waals surface area contributed by atoms with Gasteiger partial charge in [0.05, 0.1) is 0 Å². The van der Waals surface area contributed by atoms with Gasteiger partial charge in [0.15, 0.2) is 0 Å². The second kappa shape index (κ2) is 10.5. The predicted molar refractivity (Wildman–Crippen MR) is 27.8 cm³/mol. The van der Waals surface area contributed by atoms with Crippen LogP contribution in [0.2, 0.25) is 0 Å². The van der Waals surface area contributed by atoms with E-state index in [0.29, 0.717) is 13.4 Å². The molecule has 0 unspecified atom stereocenters. The molecule has 0 bridgehead atoms. The Hall–Kier alpha value is 0.517. The largest absolute Gasteiger partial charge is 1.00 e. The topological polar surface area (TPSA) is 18.5 Å². The number of ether oxygens (including phenoxy) is 2. The number of hydrogen-bond acceptors (Lipinski definition) is 2. The Labute approximate surface area is 62.7 Å². The third-order valence-electron chi connectivity index (χ3n) is 0.490. The molecule has 0 amide bonds. The van der Waals surface area contributed by atoms with Gasteiger partial charge in [0.25, 0.3) is 0 Å². The molecule has 0 aliphatic rings. The molecule has 0 aromatic rings. The van der Waals surface area contributed by atoms with Crippen molar-refractivity contribution in [3.8, 4) is 0 Å². The maximum Gasteiger partial charge on any atom is 1.00 e. The normalized spacial score (nSPS) is 8.25. The van der Waals surface area contributed by atoms with E-state index in [-0.39, 0.29) is 18.9 Å². The first-order valence-electron chi connectivity index (χ1n) is 2.27. The average Bonchev–Trinajstić information content (AvgIpc) is 1.69. The van der Waals surface area contributed by atoms with E-state index >= 15 is 0 Å². The molecule has 3 heteroatoms. The summed E-state index contributed by atoms with van der Waals surface area (Å²) in [5, 5.41) is 0. The Morgan fingerprint density at radius 1 is 1.50 bits per heavy atom. The molecule has 0 spiro atoms. The standard InChI is InChI=1S/C5H11O2.Li/c1-3-4-7-5-6-2;/h1,3-5H2,2H3;/q-1;+1. The Kier molecular flexibility index (Phi) is 14.9. The average molecular weight is 110 g/mol. The zero-order valence-electron chi connectivity index (χ0n) is 5.64. The molecule has 0 N–H and O–H groups in total. The van der Waals surface area contributed by atoms with Gasteiger partial charge in [-0.15, -0.1) is 0 Å². The van der Waals surface area contributed by atoms with E-state index in [0.717, 1.165) is 6.42 Å². The third kappa shape index (κ3) is 9.72. The summed E-state index contributed by atoms with van der Waals surface area (Å²) in [6.07, 6.45) is 0.809. The van der Waals surface area contributed by atoms with Crippen LogP contribution < -0.4 is 18.9 Å². The monoisotopic (exact) mass is 110 g/mol. The van der Waals surface area contributed by atoms with Crippen LogP contribution >= 0.6 is 0 Å². The van der Waals surface area contributed by atoms with Gasteiger partial charge in [-0.05, 0) is 0 Å². The van der Waals surface area contributed by atoms with Gasteiger partial charge in [0, 0.05) is 13.7 Å². The van der Waals surface area contributed by atoms with Gasteiger partial charge in [-0.3, -0.25) is 0 Å². The van der Waals surface area contributed by atoms with Crippen molar-refractivity contribution < 1.29 is 28.3 Å². The van der Waals surface area contributed by atoms with Crippen molar-refractivity contribution in [3.05, 3.63) is 6.92 Å². The first-order chi connectivity index (χ1) is 3.41. The summed E-state index contributed by atoms with van der Waals surface area (Å²) in [6.45, 7) is 4.65. The Bertz CT molecular complexity index is 29.6. The van der Waals surface area contributed by atoms with Crippen molar-refractivity contribution in [3.63, 3.8) is 0 Å². The molecule has 8 heavy (non-hydrogen) atoms. The van der Waals surface area contributed by atoms with Gasteiger partial charge in [0.1, 0.15) is 6.79 Å². The quantitative estimate of drug-likeness (QED) is 0.177. The Morgan fingerprint density at radius 2 is 2.12 bits per heavy atom. The molecule has 0 heterocycles. The van der Waals surface area contributed by atoms with Gasteiger partial charge in [-0.25, -0.2) is 0 Å². The zero-order chi connectivity index (χ0) is 5.54. The molecule has 0 rings (SSSR count). The fourth-order valence-corrected chi connectivity index (χ4v) is 0.244. The molecule has 0 aliphatic carbocycles. The number of methoxy groups -OCH3 is 1. The van der Waals surface area contributed by atoms with E-state index in [2.05, 4.69) is 11.7 Å². The Balaban J connectivity index is 0. The smallest absolute Gasteiger partial charge is 0.359 e. The summed E-state index contributed by atoms with van der Waals surface area (Å²) in [5.74, 6) is 0. The van der Waals surface area contributed by atoms with Gasteiger partial charge < -0.3 is 16.4 Å². The summed E-state index contributed by atoms with van der Waals surface area (Å²) in [5.41, 5.74) is 0. The third-order valence-corrected chi connectivity index (χ3v) is 0.490. The molecule has 44 valence electrons. The second-order valence-electron chi connectivity index (χ2n) is 1.17. The van der Waals surface area contributed by atoms with Crippen LogP contribution in [0, 0.1) is 6.92 Å². The first-order valence-corrected chi connectivity index (χ1v) is 2.27. The van der Waals surface area contributed by atoms with Crippen molar-refractivity contribution in [1.29, 1.82) is 0 Å². The van der Waals surface area contributed by atoms with Gasteiger partial charge in [0.2, 0.25) is 0 Å². The van der Waals surface area contributed by atoms with E-state index in [1.807, 2.05) is 0 Å². The summed E-state index contributed by atoms with van der Waals surface area (Å²) in [7, 11) is 1.60. The molecule has 0 saturated carbocycles. The molecule has 0 atom stereocenters. The first kappa shape index (κ1) is 11.3. The minimum atomic E-state index is 0. The van der Waals surface area contributed by atoms with Gasteiger partial charge in [-0.1, -0.05) is 0 Å². The molecular formula is C5H11LiO2. The summed E-state index contributed by atoms with van der Waals surface area (Å²) in [6, 6.07) is 0.